The smallest absolute Gasteiger partial charge is 0.232 e. The highest BCUT2D eigenvalue weighted by molar-refractivity contribution is 5.46. The Balaban J connectivity index is 1.87. The fourth-order valence-corrected chi connectivity index (χ4v) is 3.63. The third kappa shape index (κ3) is 5.14. The Labute approximate surface area is 159 Å². The Hall–Kier alpha value is -2.26. The predicted octanol–water partition coefficient (Wildman–Crippen LogP) is -2.07. The van der Waals surface area contributed by atoms with Crippen LogP contribution in [0.5, 0.6) is 0 Å². The summed E-state index contributed by atoms with van der Waals surface area (Å²) in [7, 11) is 0. The van der Waals surface area contributed by atoms with E-state index >= 15 is 0 Å². The van der Waals surface area contributed by atoms with Gasteiger partial charge in [-0.05, 0) is 12.8 Å². The minimum absolute atomic E-state index is 0.0270. The highest BCUT2D eigenvalue weighted by Gasteiger charge is 2.28. The van der Waals surface area contributed by atoms with Crippen LogP contribution in [0.2, 0.25) is 0 Å². The van der Waals surface area contributed by atoms with Crippen LogP contribution >= 0.6 is 0 Å². The first kappa shape index (κ1) is 19.5. The number of nitrogens with two attached hydrogens (primary N) is 4. The predicted molar refractivity (Wildman–Crippen MR) is 104 cm³/mol. The first-order chi connectivity index (χ1) is 12.9. The first-order valence-corrected chi connectivity index (χ1v) is 9.33. The molecule has 0 radical (unpaired) electrons. The van der Waals surface area contributed by atoms with E-state index < -0.39 is 0 Å². The molecule has 11 heteroatoms. The molecule has 27 heavy (non-hydrogen) atoms. The zero-order chi connectivity index (χ0) is 19.4. The van der Waals surface area contributed by atoms with Crippen LogP contribution < -0.4 is 38.1 Å². The third-order valence-corrected chi connectivity index (χ3v) is 4.73. The summed E-state index contributed by atoms with van der Waals surface area (Å²) >= 11 is 0. The minimum Gasteiger partial charge on any atom is -0.353 e. The summed E-state index contributed by atoms with van der Waals surface area (Å²) in [5.41, 5.74) is 24.5. The van der Waals surface area contributed by atoms with Crippen LogP contribution in [0, 0.1) is 11.3 Å². The molecule has 0 bridgehead atoms. The molecule has 2 saturated heterocycles. The van der Waals surface area contributed by atoms with Crippen molar-refractivity contribution in [1.82, 2.24) is 15.0 Å². The Bertz CT molecular complexity index is 611. The molecule has 2 fully saturated rings. The number of nitriles is 1. The second-order valence-corrected chi connectivity index (χ2v) is 7.42. The van der Waals surface area contributed by atoms with Gasteiger partial charge in [0.25, 0.3) is 0 Å². The summed E-state index contributed by atoms with van der Waals surface area (Å²) in [5.74, 6) is 1.47. The Morgan fingerprint density at radius 1 is 0.852 bits per heavy atom. The standard InChI is InChI=1S/C16H29N11/c17-2-1-3-22-14-23-15(26-6-10(18)4-11(19)7-26)25-16(24-14)27-8-12(20)5-13(21)9-27/h10-13H,1,3-9,18-21H2,(H,22,23,24,25)/t10-,11+,12-,13+. The molecular formula is C16H29N11. The number of piperidine rings is 2. The average Bonchev–Trinajstić information content (AvgIpc) is 2.60. The molecule has 0 amide bonds. The SMILES string of the molecule is N#CCCNc1nc(N2C[C@H](N)C[C@H](N)C2)nc(N2C[C@H](N)C[C@H](N)C2)n1. The zero-order valence-electron chi connectivity index (χ0n) is 15.5. The van der Waals surface area contributed by atoms with E-state index in [9.17, 15) is 0 Å². The van der Waals surface area contributed by atoms with E-state index in [1.165, 1.54) is 0 Å². The van der Waals surface area contributed by atoms with Crippen molar-refractivity contribution in [1.29, 1.82) is 5.26 Å². The van der Waals surface area contributed by atoms with Gasteiger partial charge in [-0.2, -0.15) is 20.2 Å². The van der Waals surface area contributed by atoms with Crippen molar-refractivity contribution in [3.8, 4) is 6.07 Å². The molecule has 0 unspecified atom stereocenters. The highest BCUT2D eigenvalue weighted by atomic mass is 15.4. The van der Waals surface area contributed by atoms with Gasteiger partial charge in [0.2, 0.25) is 17.8 Å². The molecule has 4 atom stereocenters. The lowest BCUT2D eigenvalue weighted by molar-refractivity contribution is 0.441. The molecule has 11 nitrogen and oxygen atoms in total. The van der Waals surface area contributed by atoms with E-state index in [0.717, 1.165) is 12.8 Å². The summed E-state index contributed by atoms with van der Waals surface area (Å²) in [5, 5.41) is 11.8. The van der Waals surface area contributed by atoms with Crippen LogP contribution in [0.3, 0.4) is 0 Å². The lowest BCUT2D eigenvalue weighted by atomic mass is 10.0. The number of hydrogen-bond donors (Lipinski definition) is 5. The van der Waals surface area contributed by atoms with Crippen LogP contribution in [0.25, 0.3) is 0 Å². The van der Waals surface area contributed by atoms with Crippen molar-refractivity contribution in [3.63, 3.8) is 0 Å². The molecule has 9 N–H and O–H groups in total. The first-order valence-electron chi connectivity index (χ1n) is 9.33. The van der Waals surface area contributed by atoms with E-state index in [-0.39, 0.29) is 24.2 Å². The van der Waals surface area contributed by atoms with Gasteiger partial charge in [0.15, 0.2) is 0 Å². The third-order valence-electron chi connectivity index (χ3n) is 4.73. The summed E-state index contributed by atoms with van der Waals surface area (Å²) in [6.45, 7) is 2.99. The normalized spacial score (nSPS) is 28.7. The molecule has 3 heterocycles. The summed E-state index contributed by atoms with van der Waals surface area (Å²) < 4.78 is 0. The summed E-state index contributed by atoms with van der Waals surface area (Å²) in [6, 6.07) is 1.99. The van der Waals surface area contributed by atoms with E-state index in [1.807, 2.05) is 9.80 Å². The number of rotatable bonds is 5. The monoisotopic (exact) mass is 375 g/mol. The summed E-state index contributed by atoms with van der Waals surface area (Å²) in [4.78, 5) is 17.7. The van der Waals surface area contributed by atoms with Crippen molar-refractivity contribution in [2.45, 2.75) is 43.4 Å². The van der Waals surface area contributed by atoms with Gasteiger partial charge in [-0.3, -0.25) is 0 Å². The maximum absolute atomic E-state index is 8.76. The van der Waals surface area contributed by atoms with Gasteiger partial charge in [0.05, 0.1) is 12.5 Å². The van der Waals surface area contributed by atoms with Gasteiger partial charge in [-0.15, -0.1) is 0 Å². The van der Waals surface area contributed by atoms with Gasteiger partial charge >= 0.3 is 0 Å². The molecule has 2 aliphatic rings. The van der Waals surface area contributed by atoms with E-state index in [2.05, 4.69) is 26.3 Å². The van der Waals surface area contributed by atoms with Crippen molar-refractivity contribution >= 4 is 17.8 Å². The van der Waals surface area contributed by atoms with E-state index in [1.54, 1.807) is 0 Å². The quantitative estimate of drug-likeness (QED) is 0.356. The number of nitrogens with one attached hydrogen (secondary N) is 1. The molecule has 0 aromatic carbocycles. The fraction of sp³-hybridized carbons (Fsp3) is 0.750. The van der Waals surface area contributed by atoms with Gasteiger partial charge in [0.1, 0.15) is 0 Å². The second-order valence-electron chi connectivity index (χ2n) is 7.42. The Kier molecular flexibility index (Phi) is 6.22. The maximum Gasteiger partial charge on any atom is 0.232 e. The zero-order valence-corrected chi connectivity index (χ0v) is 15.5. The van der Waals surface area contributed by atoms with Gasteiger partial charge in [-0.1, -0.05) is 0 Å². The van der Waals surface area contributed by atoms with E-state index in [4.69, 9.17) is 28.2 Å². The number of nitrogens with zero attached hydrogens (tertiary/aromatic N) is 6. The van der Waals surface area contributed by atoms with Crippen molar-refractivity contribution in [2.24, 2.45) is 22.9 Å². The van der Waals surface area contributed by atoms with Crippen LogP contribution in [-0.2, 0) is 0 Å². The molecule has 0 spiro atoms. The lowest BCUT2D eigenvalue weighted by Crippen LogP contribution is -2.54. The molecule has 1 aromatic rings. The topological polar surface area (TPSA) is 185 Å². The highest BCUT2D eigenvalue weighted by Crippen LogP contribution is 2.22. The van der Waals surface area contributed by atoms with Crippen LogP contribution in [-0.4, -0.2) is 71.8 Å². The molecule has 0 aliphatic carbocycles. The summed E-state index contributed by atoms with van der Waals surface area (Å²) in [6.07, 6.45) is 1.91. The molecular weight excluding hydrogens is 346 g/mol. The van der Waals surface area contributed by atoms with Crippen molar-refractivity contribution < 1.29 is 0 Å². The van der Waals surface area contributed by atoms with Gasteiger partial charge < -0.3 is 38.1 Å². The maximum atomic E-state index is 8.76. The number of anilines is 3. The lowest BCUT2D eigenvalue weighted by Gasteiger charge is -2.37. The van der Waals surface area contributed by atoms with Crippen LogP contribution in [0.4, 0.5) is 17.8 Å². The van der Waals surface area contributed by atoms with Crippen LogP contribution in [0.1, 0.15) is 19.3 Å². The minimum atomic E-state index is -0.0270. The number of aromatic nitrogens is 3. The average molecular weight is 375 g/mol. The molecule has 0 saturated carbocycles. The molecule has 148 valence electrons. The van der Waals surface area contributed by atoms with Crippen molar-refractivity contribution in [2.75, 3.05) is 47.8 Å². The molecule has 2 aliphatic heterocycles. The van der Waals surface area contributed by atoms with Crippen LogP contribution in [0.15, 0.2) is 0 Å². The largest absolute Gasteiger partial charge is 0.353 e. The molecule has 1 aromatic heterocycles. The molecule has 3 rings (SSSR count). The number of hydrogen-bond acceptors (Lipinski definition) is 11. The van der Waals surface area contributed by atoms with Gasteiger partial charge in [-0.25, -0.2) is 0 Å². The van der Waals surface area contributed by atoms with E-state index in [0.29, 0.717) is 57.0 Å². The second kappa shape index (κ2) is 8.62. The Morgan fingerprint density at radius 2 is 1.30 bits per heavy atom. The fourth-order valence-electron chi connectivity index (χ4n) is 3.63. The van der Waals surface area contributed by atoms with Gasteiger partial charge in [0, 0.05) is 56.9 Å². The van der Waals surface area contributed by atoms with Crippen molar-refractivity contribution in [3.05, 3.63) is 0 Å². The Morgan fingerprint density at radius 3 is 1.70 bits per heavy atom.